The van der Waals surface area contributed by atoms with Gasteiger partial charge in [0.1, 0.15) is 0 Å². The van der Waals surface area contributed by atoms with Crippen LogP contribution in [0.25, 0.3) is 5.70 Å². The normalized spacial score (nSPS) is 15.7. The van der Waals surface area contributed by atoms with E-state index in [0.29, 0.717) is 5.92 Å². The Morgan fingerprint density at radius 3 is 1.91 bits per heavy atom. The van der Waals surface area contributed by atoms with Crippen LogP contribution in [0.1, 0.15) is 17.0 Å². The standard InChI is InChI=1S/C16H15N.C2H2O4/c1-3-7-13(8-4-1)15-11-16(17-12-15)14-9-5-2-6-10-14;3-1(4)2(5)6/h1-11,15,17H,12H2;(H,3,4)(H,5,6). The van der Waals surface area contributed by atoms with Crippen LogP contribution in [0.2, 0.25) is 0 Å². The fourth-order valence-electron chi connectivity index (χ4n) is 2.27. The summed E-state index contributed by atoms with van der Waals surface area (Å²) in [5, 5.41) is 18.3. The summed E-state index contributed by atoms with van der Waals surface area (Å²) in [6, 6.07) is 21.1. The fourth-order valence-corrected chi connectivity index (χ4v) is 2.27. The number of aliphatic carboxylic acids is 2. The van der Waals surface area contributed by atoms with Crippen LogP contribution in [-0.4, -0.2) is 28.7 Å². The quantitative estimate of drug-likeness (QED) is 0.742. The van der Waals surface area contributed by atoms with Crippen LogP contribution in [0.5, 0.6) is 0 Å². The molecule has 23 heavy (non-hydrogen) atoms. The first-order chi connectivity index (χ1) is 11.1. The van der Waals surface area contributed by atoms with E-state index in [1.54, 1.807) is 0 Å². The second-order valence-electron chi connectivity index (χ2n) is 4.95. The summed E-state index contributed by atoms with van der Waals surface area (Å²) < 4.78 is 0. The van der Waals surface area contributed by atoms with Crippen LogP contribution in [0.4, 0.5) is 0 Å². The number of carbonyl (C=O) groups is 2. The van der Waals surface area contributed by atoms with Gasteiger partial charge in [-0.15, -0.1) is 0 Å². The maximum absolute atomic E-state index is 9.10. The lowest BCUT2D eigenvalue weighted by molar-refractivity contribution is -0.159. The van der Waals surface area contributed by atoms with Gasteiger partial charge in [-0.25, -0.2) is 9.59 Å². The highest BCUT2D eigenvalue weighted by atomic mass is 16.4. The first-order valence-corrected chi connectivity index (χ1v) is 7.10. The molecule has 1 aliphatic heterocycles. The molecule has 3 rings (SSSR count). The van der Waals surface area contributed by atoms with Gasteiger partial charge in [0.05, 0.1) is 0 Å². The van der Waals surface area contributed by atoms with Crippen molar-refractivity contribution in [3.8, 4) is 0 Å². The summed E-state index contributed by atoms with van der Waals surface area (Å²) in [6.07, 6.45) is 2.32. The van der Waals surface area contributed by atoms with Gasteiger partial charge in [-0.3, -0.25) is 0 Å². The molecule has 2 aromatic rings. The van der Waals surface area contributed by atoms with Crippen molar-refractivity contribution >= 4 is 17.6 Å². The van der Waals surface area contributed by atoms with E-state index < -0.39 is 11.9 Å². The van der Waals surface area contributed by atoms with Crippen molar-refractivity contribution in [2.24, 2.45) is 0 Å². The van der Waals surface area contributed by atoms with Gasteiger partial charge in [-0.1, -0.05) is 66.7 Å². The molecule has 0 spiro atoms. The molecule has 0 aromatic heterocycles. The zero-order valence-electron chi connectivity index (χ0n) is 12.3. The van der Waals surface area contributed by atoms with Crippen molar-refractivity contribution in [2.45, 2.75) is 5.92 Å². The van der Waals surface area contributed by atoms with Gasteiger partial charge in [0.25, 0.3) is 0 Å². The Kier molecular flexibility index (Phi) is 5.52. The lowest BCUT2D eigenvalue weighted by Crippen LogP contribution is -2.10. The predicted molar refractivity (Wildman–Crippen MR) is 86.9 cm³/mol. The number of carboxylic acid groups (broad SMARTS) is 2. The second kappa shape index (κ2) is 7.79. The molecule has 0 saturated carbocycles. The van der Waals surface area contributed by atoms with Crippen molar-refractivity contribution in [3.63, 3.8) is 0 Å². The van der Waals surface area contributed by atoms with Crippen molar-refractivity contribution in [2.75, 3.05) is 6.54 Å². The third kappa shape index (κ3) is 4.71. The van der Waals surface area contributed by atoms with Gasteiger partial charge in [0.2, 0.25) is 0 Å². The molecule has 0 fully saturated rings. The van der Waals surface area contributed by atoms with E-state index in [1.807, 2.05) is 6.07 Å². The van der Waals surface area contributed by atoms with Gasteiger partial charge >= 0.3 is 11.9 Å². The topological polar surface area (TPSA) is 86.6 Å². The van der Waals surface area contributed by atoms with Crippen LogP contribution in [0.3, 0.4) is 0 Å². The van der Waals surface area contributed by atoms with Gasteiger partial charge in [0.15, 0.2) is 0 Å². The van der Waals surface area contributed by atoms with E-state index in [4.69, 9.17) is 19.8 Å². The largest absolute Gasteiger partial charge is 0.473 e. The first-order valence-electron chi connectivity index (χ1n) is 7.10. The summed E-state index contributed by atoms with van der Waals surface area (Å²) in [6.45, 7) is 0.994. The smallest absolute Gasteiger partial charge is 0.414 e. The SMILES string of the molecule is C1=C(c2ccccc2)NCC1c1ccccc1.O=C(O)C(=O)O. The molecular weight excluding hydrogens is 294 g/mol. The van der Waals surface area contributed by atoms with Crippen molar-refractivity contribution in [1.82, 2.24) is 5.32 Å². The predicted octanol–water partition coefficient (Wildman–Crippen LogP) is 2.57. The molecule has 0 radical (unpaired) electrons. The zero-order valence-corrected chi connectivity index (χ0v) is 12.3. The number of carboxylic acids is 2. The summed E-state index contributed by atoms with van der Waals surface area (Å²) in [5.74, 6) is -3.16. The maximum Gasteiger partial charge on any atom is 0.414 e. The van der Waals surface area contributed by atoms with Crippen LogP contribution < -0.4 is 5.32 Å². The number of rotatable bonds is 2. The van der Waals surface area contributed by atoms with Gasteiger partial charge in [-0.05, 0) is 11.1 Å². The van der Waals surface area contributed by atoms with E-state index >= 15 is 0 Å². The number of benzene rings is 2. The zero-order chi connectivity index (χ0) is 16.7. The maximum atomic E-state index is 9.10. The van der Waals surface area contributed by atoms with Gasteiger partial charge in [0, 0.05) is 18.2 Å². The molecule has 5 heteroatoms. The van der Waals surface area contributed by atoms with Gasteiger partial charge in [-0.2, -0.15) is 0 Å². The lowest BCUT2D eigenvalue weighted by atomic mass is 10.00. The van der Waals surface area contributed by atoms with Gasteiger partial charge < -0.3 is 15.5 Å². The van der Waals surface area contributed by atoms with Crippen LogP contribution in [0, 0.1) is 0 Å². The summed E-state index contributed by atoms with van der Waals surface area (Å²) in [7, 11) is 0. The molecule has 0 amide bonds. The first kappa shape index (κ1) is 16.3. The average molecular weight is 311 g/mol. The number of hydrogen-bond donors (Lipinski definition) is 3. The fraction of sp³-hybridized carbons (Fsp3) is 0.111. The highest BCUT2D eigenvalue weighted by Gasteiger charge is 2.17. The average Bonchev–Trinajstić information content (AvgIpc) is 3.07. The molecule has 1 aliphatic rings. The van der Waals surface area contributed by atoms with Crippen LogP contribution >= 0.6 is 0 Å². The molecule has 2 aromatic carbocycles. The van der Waals surface area contributed by atoms with E-state index in [1.165, 1.54) is 16.8 Å². The van der Waals surface area contributed by atoms with Crippen molar-refractivity contribution in [3.05, 3.63) is 77.9 Å². The molecular formula is C18H17NO4. The molecule has 118 valence electrons. The minimum Gasteiger partial charge on any atom is -0.473 e. The number of nitrogens with one attached hydrogen (secondary N) is 1. The molecule has 1 heterocycles. The number of hydrogen-bond acceptors (Lipinski definition) is 3. The minimum atomic E-state index is -1.82. The Balaban J connectivity index is 0.000000277. The molecule has 1 unspecified atom stereocenters. The van der Waals surface area contributed by atoms with Crippen LogP contribution in [-0.2, 0) is 9.59 Å². The summed E-state index contributed by atoms with van der Waals surface area (Å²) in [4.78, 5) is 18.2. The highest BCUT2D eigenvalue weighted by Crippen LogP contribution is 2.26. The molecule has 0 bridgehead atoms. The summed E-state index contributed by atoms with van der Waals surface area (Å²) >= 11 is 0. The molecule has 0 aliphatic carbocycles. The van der Waals surface area contributed by atoms with Crippen molar-refractivity contribution < 1.29 is 19.8 Å². The van der Waals surface area contributed by atoms with Crippen molar-refractivity contribution in [1.29, 1.82) is 0 Å². The van der Waals surface area contributed by atoms with E-state index in [2.05, 4.69) is 66.0 Å². The Labute approximate surface area is 133 Å². The molecule has 3 N–H and O–H groups in total. The van der Waals surface area contributed by atoms with Crippen LogP contribution in [0.15, 0.2) is 66.7 Å². The molecule has 1 atom stereocenters. The minimum absolute atomic E-state index is 0.492. The third-order valence-corrected chi connectivity index (χ3v) is 3.38. The highest BCUT2D eigenvalue weighted by molar-refractivity contribution is 6.27. The molecule has 0 saturated heterocycles. The van der Waals surface area contributed by atoms with E-state index in [-0.39, 0.29) is 0 Å². The summed E-state index contributed by atoms with van der Waals surface area (Å²) in [5.41, 5.74) is 3.90. The Hall–Kier alpha value is -3.08. The Morgan fingerprint density at radius 2 is 1.39 bits per heavy atom. The molecule has 5 nitrogen and oxygen atoms in total. The Morgan fingerprint density at radius 1 is 0.870 bits per heavy atom. The van der Waals surface area contributed by atoms with E-state index in [9.17, 15) is 0 Å². The Bertz CT molecular complexity index is 683. The van der Waals surface area contributed by atoms with E-state index in [0.717, 1.165) is 6.54 Å². The second-order valence-corrected chi connectivity index (χ2v) is 4.95. The monoisotopic (exact) mass is 311 g/mol. The third-order valence-electron chi connectivity index (χ3n) is 3.38. The lowest BCUT2D eigenvalue weighted by Gasteiger charge is -2.06.